The summed E-state index contributed by atoms with van der Waals surface area (Å²) < 4.78 is 4.39. The molecule has 0 bridgehead atoms. The van der Waals surface area contributed by atoms with E-state index in [0.717, 1.165) is 11.1 Å². The summed E-state index contributed by atoms with van der Waals surface area (Å²) in [6, 6.07) is 7.64. The van der Waals surface area contributed by atoms with Crippen LogP contribution >= 0.6 is 0 Å². The van der Waals surface area contributed by atoms with E-state index in [1.165, 1.54) is 7.11 Å². The molecule has 0 fully saturated rings. The first-order chi connectivity index (χ1) is 6.22. The molecule has 0 aromatic heterocycles. The number of hydrogen-bond donors (Lipinski definition) is 0. The molecule has 0 aliphatic carbocycles. The zero-order valence-corrected chi connectivity index (χ0v) is 7.63. The van der Waals surface area contributed by atoms with Crippen molar-refractivity contribution in [2.24, 2.45) is 0 Å². The van der Waals surface area contributed by atoms with Crippen LogP contribution in [-0.4, -0.2) is 13.1 Å². The molecule has 0 atom stereocenters. The Kier molecular flexibility index (Phi) is 3.10. The summed E-state index contributed by atoms with van der Waals surface area (Å²) in [7, 11) is 1.31. The van der Waals surface area contributed by atoms with Gasteiger partial charge in [-0.05, 0) is 24.6 Å². The number of ether oxygens (including phenoxy) is 1. The van der Waals surface area contributed by atoms with Gasteiger partial charge in [-0.25, -0.2) is 4.79 Å². The first kappa shape index (κ1) is 9.34. The van der Waals surface area contributed by atoms with E-state index < -0.39 is 5.97 Å². The lowest BCUT2D eigenvalue weighted by atomic mass is 10.1. The quantitative estimate of drug-likeness (QED) is 0.440. The molecule has 13 heavy (non-hydrogen) atoms. The molecule has 1 aromatic carbocycles. The van der Waals surface area contributed by atoms with Crippen molar-refractivity contribution in [1.82, 2.24) is 0 Å². The summed E-state index contributed by atoms with van der Waals surface area (Å²) in [5.74, 6) is 4.56. The molecule has 0 amide bonds. The number of methoxy groups -OCH3 is 1. The molecular formula is C11H10O2. The normalized spacial score (nSPS) is 8.46. The van der Waals surface area contributed by atoms with Gasteiger partial charge in [0.05, 0.1) is 7.11 Å². The zero-order chi connectivity index (χ0) is 9.68. The maximum Gasteiger partial charge on any atom is 0.384 e. The van der Waals surface area contributed by atoms with Gasteiger partial charge in [0.1, 0.15) is 0 Å². The molecular weight excluding hydrogens is 164 g/mol. The van der Waals surface area contributed by atoms with Gasteiger partial charge in [0.25, 0.3) is 0 Å². The Morgan fingerprint density at radius 2 is 2.23 bits per heavy atom. The molecule has 0 radical (unpaired) electrons. The van der Waals surface area contributed by atoms with Gasteiger partial charge in [-0.3, -0.25) is 0 Å². The van der Waals surface area contributed by atoms with Crippen LogP contribution in [0.1, 0.15) is 11.1 Å². The van der Waals surface area contributed by atoms with Gasteiger partial charge < -0.3 is 4.74 Å². The number of aryl methyl sites for hydroxylation is 1. The van der Waals surface area contributed by atoms with Gasteiger partial charge in [0.15, 0.2) is 0 Å². The molecule has 1 rings (SSSR count). The fraction of sp³-hybridized carbons (Fsp3) is 0.182. The fourth-order valence-electron chi connectivity index (χ4n) is 0.897. The Morgan fingerprint density at radius 3 is 2.85 bits per heavy atom. The van der Waals surface area contributed by atoms with E-state index in [0.29, 0.717) is 0 Å². The smallest absolute Gasteiger partial charge is 0.384 e. The lowest BCUT2D eigenvalue weighted by Gasteiger charge is -1.91. The molecule has 0 unspecified atom stereocenters. The Balaban J connectivity index is 2.83. The van der Waals surface area contributed by atoms with Crippen LogP contribution in [0, 0.1) is 18.8 Å². The predicted octanol–water partition coefficient (Wildman–Crippen LogP) is 1.52. The second-order valence-electron chi connectivity index (χ2n) is 2.61. The number of carbonyl (C=O) groups excluding carboxylic acids is 1. The third-order valence-corrected chi connectivity index (χ3v) is 1.51. The molecule has 0 saturated carbocycles. The van der Waals surface area contributed by atoms with E-state index in [2.05, 4.69) is 16.6 Å². The SMILES string of the molecule is COC(=O)C#Cc1cccc(C)c1. The van der Waals surface area contributed by atoms with Crippen LogP contribution in [0.5, 0.6) is 0 Å². The molecule has 66 valence electrons. The van der Waals surface area contributed by atoms with Crippen molar-refractivity contribution >= 4 is 5.97 Å². The highest BCUT2D eigenvalue weighted by atomic mass is 16.5. The average Bonchev–Trinajstić information content (AvgIpc) is 2.14. The van der Waals surface area contributed by atoms with E-state index in [1.807, 2.05) is 31.2 Å². The van der Waals surface area contributed by atoms with Crippen LogP contribution in [0.15, 0.2) is 24.3 Å². The van der Waals surface area contributed by atoms with Crippen molar-refractivity contribution in [3.05, 3.63) is 35.4 Å². The molecule has 0 aliphatic heterocycles. The lowest BCUT2D eigenvalue weighted by Crippen LogP contribution is -1.94. The van der Waals surface area contributed by atoms with Crippen molar-refractivity contribution in [3.63, 3.8) is 0 Å². The van der Waals surface area contributed by atoms with Gasteiger partial charge in [-0.1, -0.05) is 18.1 Å². The van der Waals surface area contributed by atoms with Crippen LogP contribution in [0.3, 0.4) is 0 Å². The van der Waals surface area contributed by atoms with E-state index >= 15 is 0 Å². The maximum absolute atomic E-state index is 10.7. The van der Waals surface area contributed by atoms with Crippen molar-refractivity contribution in [3.8, 4) is 11.8 Å². The number of rotatable bonds is 0. The third-order valence-electron chi connectivity index (χ3n) is 1.51. The van der Waals surface area contributed by atoms with E-state index in [9.17, 15) is 4.79 Å². The summed E-state index contributed by atoms with van der Waals surface area (Å²) in [5.41, 5.74) is 1.95. The lowest BCUT2D eigenvalue weighted by molar-refractivity contribution is -0.133. The van der Waals surface area contributed by atoms with Crippen molar-refractivity contribution in [1.29, 1.82) is 0 Å². The Morgan fingerprint density at radius 1 is 1.46 bits per heavy atom. The number of hydrogen-bond acceptors (Lipinski definition) is 2. The fourth-order valence-corrected chi connectivity index (χ4v) is 0.897. The summed E-state index contributed by atoms with van der Waals surface area (Å²) >= 11 is 0. The van der Waals surface area contributed by atoms with Crippen molar-refractivity contribution in [2.45, 2.75) is 6.92 Å². The largest absolute Gasteiger partial charge is 0.459 e. The van der Waals surface area contributed by atoms with E-state index in [4.69, 9.17) is 0 Å². The minimum Gasteiger partial charge on any atom is -0.459 e. The molecule has 0 aliphatic rings. The Bertz CT molecular complexity index is 369. The van der Waals surface area contributed by atoms with E-state index in [1.54, 1.807) is 0 Å². The monoisotopic (exact) mass is 174 g/mol. The summed E-state index contributed by atoms with van der Waals surface area (Å²) in [4.78, 5) is 10.7. The molecule has 0 saturated heterocycles. The summed E-state index contributed by atoms with van der Waals surface area (Å²) in [5, 5.41) is 0. The predicted molar refractivity (Wildman–Crippen MR) is 50.1 cm³/mol. The van der Waals surface area contributed by atoms with Gasteiger partial charge in [-0.15, -0.1) is 0 Å². The minimum absolute atomic E-state index is 0.512. The number of carbonyl (C=O) groups is 1. The van der Waals surface area contributed by atoms with Crippen LogP contribution in [0.25, 0.3) is 0 Å². The Hall–Kier alpha value is -1.75. The summed E-state index contributed by atoms with van der Waals surface area (Å²) in [6.07, 6.45) is 0. The second kappa shape index (κ2) is 4.32. The molecule has 0 heterocycles. The summed E-state index contributed by atoms with van der Waals surface area (Å²) in [6.45, 7) is 1.98. The van der Waals surface area contributed by atoms with Gasteiger partial charge >= 0.3 is 5.97 Å². The molecule has 2 heteroatoms. The highest BCUT2D eigenvalue weighted by Crippen LogP contribution is 2.01. The number of esters is 1. The molecule has 0 spiro atoms. The van der Waals surface area contributed by atoms with E-state index in [-0.39, 0.29) is 0 Å². The highest BCUT2D eigenvalue weighted by Gasteiger charge is 1.90. The van der Waals surface area contributed by atoms with Crippen LogP contribution in [0.2, 0.25) is 0 Å². The maximum atomic E-state index is 10.7. The highest BCUT2D eigenvalue weighted by molar-refractivity contribution is 5.88. The Labute approximate surface area is 77.5 Å². The zero-order valence-electron chi connectivity index (χ0n) is 7.63. The van der Waals surface area contributed by atoms with Crippen molar-refractivity contribution in [2.75, 3.05) is 7.11 Å². The molecule has 2 nitrogen and oxygen atoms in total. The molecule has 0 N–H and O–H groups in total. The van der Waals surface area contributed by atoms with Crippen LogP contribution in [-0.2, 0) is 9.53 Å². The second-order valence-corrected chi connectivity index (χ2v) is 2.61. The van der Waals surface area contributed by atoms with Gasteiger partial charge in [0, 0.05) is 11.5 Å². The first-order valence-corrected chi connectivity index (χ1v) is 3.89. The van der Waals surface area contributed by atoms with Crippen molar-refractivity contribution < 1.29 is 9.53 Å². The van der Waals surface area contributed by atoms with Gasteiger partial charge in [-0.2, -0.15) is 0 Å². The number of benzene rings is 1. The average molecular weight is 174 g/mol. The topological polar surface area (TPSA) is 26.3 Å². The molecule has 1 aromatic rings. The van der Waals surface area contributed by atoms with Gasteiger partial charge in [0.2, 0.25) is 0 Å². The minimum atomic E-state index is -0.512. The van der Waals surface area contributed by atoms with Crippen LogP contribution in [0.4, 0.5) is 0 Å². The van der Waals surface area contributed by atoms with Crippen LogP contribution < -0.4 is 0 Å². The third kappa shape index (κ3) is 3.00. The standard InChI is InChI=1S/C11H10O2/c1-9-4-3-5-10(8-9)6-7-11(12)13-2/h3-5,8H,1-2H3. The first-order valence-electron chi connectivity index (χ1n) is 3.89.